The summed E-state index contributed by atoms with van der Waals surface area (Å²) in [5.74, 6) is 2.04. The normalized spacial score (nSPS) is 34.0. The fraction of sp³-hybridized carbons (Fsp3) is 0.739. The Morgan fingerprint density at radius 3 is 1.82 bits per heavy atom. The smallest absolute Gasteiger partial charge is 0.385 e. The molecule has 5 heteroatoms. The minimum Gasteiger partial charge on any atom is -0.385 e. The molecule has 156 valence electrons. The number of rotatable bonds is 6. The van der Waals surface area contributed by atoms with Crippen LogP contribution < -0.4 is 0 Å². The standard InChI is InChI=1S/C23H32F3NO/c1-27(2)9-3-8-22(28,19-4-6-20(7-5-19)23(24,25)26)21-13-16-10-17(14-21)12-18(11-16)15-21/h4-7,16-18,28H,3,8-15H2,1-2H3. The lowest BCUT2D eigenvalue weighted by molar-refractivity contribution is -0.189. The molecule has 1 aromatic carbocycles. The zero-order valence-electron chi connectivity index (χ0n) is 16.9. The molecule has 4 aliphatic carbocycles. The predicted molar refractivity (Wildman–Crippen MR) is 104 cm³/mol. The van der Waals surface area contributed by atoms with E-state index in [9.17, 15) is 18.3 Å². The molecule has 1 atom stereocenters. The second-order valence-electron chi connectivity index (χ2n) is 10.0. The van der Waals surface area contributed by atoms with E-state index in [4.69, 9.17) is 0 Å². The van der Waals surface area contributed by atoms with Crippen molar-refractivity contribution in [2.75, 3.05) is 20.6 Å². The molecule has 0 heterocycles. The maximum Gasteiger partial charge on any atom is 0.416 e. The lowest BCUT2D eigenvalue weighted by atomic mass is 9.44. The Balaban J connectivity index is 1.68. The van der Waals surface area contributed by atoms with E-state index in [1.54, 1.807) is 0 Å². The second-order valence-corrected chi connectivity index (χ2v) is 10.0. The second kappa shape index (κ2) is 7.02. The van der Waals surface area contributed by atoms with Crippen molar-refractivity contribution in [3.8, 4) is 0 Å². The summed E-state index contributed by atoms with van der Waals surface area (Å²) in [7, 11) is 4.03. The van der Waals surface area contributed by atoms with Gasteiger partial charge in [-0.25, -0.2) is 0 Å². The molecule has 2 nitrogen and oxygen atoms in total. The highest BCUT2D eigenvalue weighted by atomic mass is 19.4. The first-order valence-corrected chi connectivity index (χ1v) is 10.7. The summed E-state index contributed by atoms with van der Waals surface area (Å²) in [5, 5.41) is 12.2. The van der Waals surface area contributed by atoms with E-state index in [0.29, 0.717) is 29.7 Å². The van der Waals surface area contributed by atoms with Crippen LogP contribution in [0, 0.1) is 23.2 Å². The number of benzene rings is 1. The van der Waals surface area contributed by atoms with Gasteiger partial charge in [-0.15, -0.1) is 0 Å². The van der Waals surface area contributed by atoms with E-state index in [0.717, 1.165) is 44.4 Å². The highest BCUT2D eigenvalue weighted by molar-refractivity contribution is 5.32. The Morgan fingerprint density at radius 1 is 0.929 bits per heavy atom. The van der Waals surface area contributed by atoms with E-state index in [1.165, 1.54) is 31.4 Å². The molecular formula is C23H32F3NO. The topological polar surface area (TPSA) is 23.5 Å². The summed E-state index contributed by atoms with van der Waals surface area (Å²) in [4.78, 5) is 2.10. The van der Waals surface area contributed by atoms with Gasteiger partial charge in [-0.05, 0) is 107 Å². The molecule has 0 radical (unpaired) electrons. The van der Waals surface area contributed by atoms with Gasteiger partial charge in [0.05, 0.1) is 11.2 Å². The Hall–Kier alpha value is -1.07. The Bertz CT molecular complexity index is 662. The lowest BCUT2D eigenvalue weighted by Gasteiger charge is -2.62. The summed E-state index contributed by atoms with van der Waals surface area (Å²) in [6.45, 7) is 0.870. The Morgan fingerprint density at radius 2 is 1.39 bits per heavy atom. The van der Waals surface area contributed by atoms with Crippen molar-refractivity contribution in [3.05, 3.63) is 35.4 Å². The van der Waals surface area contributed by atoms with Crippen molar-refractivity contribution in [2.45, 2.75) is 63.1 Å². The Kier molecular flexibility index (Phi) is 5.06. The number of nitrogens with zero attached hydrogens (tertiary/aromatic N) is 1. The van der Waals surface area contributed by atoms with Crippen molar-refractivity contribution >= 4 is 0 Å². The summed E-state index contributed by atoms with van der Waals surface area (Å²) >= 11 is 0. The summed E-state index contributed by atoms with van der Waals surface area (Å²) in [5.41, 5.74) is -1.17. The fourth-order valence-corrected chi connectivity index (χ4v) is 6.92. The number of hydrogen-bond donors (Lipinski definition) is 1. The third-order valence-electron chi connectivity index (χ3n) is 7.75. The molecule has 0 spiro atoms. The van der Waals surface area contributed by atoms with Crippen molar-refractivity contribution < 1.29 is 18.3 Å². The molecule has 1 N–H and O–H groups in total. The molecule has 4 bridgehead atoms. The summed E-state index contributed by atoms with van der Waals surface area (Å²) in [6.07, 6.45) is 4.02. The van der Waals surface area contributed by atoms with Gasteiger partial charge in [0, 0.05) is 5.41 Å². The highest BCUT2D eigenvalue weighted by Crippen LogP contribution is 2.66. The van der Waals surface area contributed by atoms with Crippen LogP contribution in [0.15, 0.2) is 24.3 Å². The zero-order valence-corrected chi connectivity index (χ0v) is 16.9. The van der Waals surface area contributed by atoms with Gasteiger partial charge in [-0.3, -0.25) is 0 Å². The number of hydrogen-bond acceptors (Lipinski definition) is 2. The molecule has 1 unspecified atom stereocenters. The van der Waals surface area contributed by atoms with Gasteiger partial charge >= 0.3 is 6.18 Å². The molecule has 5 rings (SSSR count). The molecule has 0 amide bonds. The van der Waals surface area contributed by atoms with Gasteiger partial charge in [-0.2, -0.15) is 13.2 Å². The molecule has 0 saturated heterocycles. The highest BCUT2D eigenvalue weighted by Gasteiger charge is 2.60. The van der Waals surface area contributed by atoms with E-state index in [-0.39, 0.29) is 5.41 Å². The van der Waals surface area contributed by atoms with Crippen LogP contribution in [0.3, 0.4) is 0 Å². The molecular weight excluding hydrogens is 363 g/mol. The average molecular weight is 396 g/mol. The van der Waals surface area contributed by atoms with Crippen LogP contribution in [-0.4, -0.2) is 30.6 Å². The van der Waals surface area contributed by atoms with Crippen LogP contribution in [-0.2, 0) is 11.8 Å². The number of alkyl halides is 3. The quantitative estimate of drug-likeness (QED) is 0.692. The molecule has 4 fully saturated rings. The van der Waals surface area contributed by atoms with Crippen molar-refractivity contribution in [1.82, 2.24) is 4.90 Å². The molecule has 28 heavy (non-hydrogen) atoms. The predicted octanol–water partition coefficient (Wildman–Crippen LogP) is 5.45. The molecule has 0 aromatic heterocycles. The average Bonchev–Trinajstić information content (AvgIpc) is 2.59. The lowest BCUT2D eigenvalue weighted by Crippen LogP contribution is -2.57. The Labute approximate surface area is 166 Å². The third-order valence-corrected chi connectivity index (χ3v) is 7.75. The summed E-state index contributed by atoms with van der Waals surface area (Å²) in [6, 6.07) is 5.37. The van der Waals surface area contributed by atoms with Crippen LogP contribution in [0.4, 0.5) is 13.2 Å². The van der Waals surface area contributed by atoms with E-state index >= 15 is 0 Å². The molecule has 4 saturated carbocycles. The maximum atomic E-state index is 13.1. The SMILES string of the molecule is CN(C)CCCC(O)(c1ccc(C(F)(F)F)cc1)C12CC3CC(CC(C3)C1)C2. The number of aliphatic hydroxyl groups is 1. The van der Waals surface area contributed by atoms with E-state index < -0.39 is 17.3 Å². The minimum atomic E-state index is -4.34. The van der Waals surface area contributed by atoms with Crippen LogP contribution >= 0.6 is 0 Å². The monoisotopic (exact) mass is 395 g/mol. The first-order chi connectivity index (χ1) is 13.1. The summed E-state index contributed by atoms with van der Waals surface area (Å²) < 4.78 is 39.2. The van der Waals surface area contributed by atoms with Crippen molar-refractivity contribution in [1.29, 1.82) is 0 Å². The maximum absolute atomic E-state index is 13.1. The number of halogens is 3. The van der Waals surface area contributed by atoms with Gasteiger partial charge in [0.2, 0.25) is 0 Å². The first-order valence-electron chi connectivity index (χ1n) is 10.7. The van der Waals surface area contributed by atoms with Gasteiger partial charge in [0.1, 0.15) is 0 Å². The first kappa shape index (κ1) is 20.2. The van der Waals surface area contributed by atoms with Gasteiger partial charge in [0.25, 0.3) is 0 Å². The van der Waals surface area contributed by atoms with Crippen molar-refractivity contribution in [2.24, 2.45) is 23.2 Å². The zero-order chi connectivity index (χ0) is 20.2. The third kappa shape index (κ3) is 3.49. The van der Waals surface area contributed by atoms with Gasteiger partial charge in [-0.1, -0.05) is 12.1 Å². The largest absolute Gasteiger partial charge is 0.416 e. The van der Waals surface area contributed by atoms with Gasteiger partial charge < -0.3 is 10.0 Å². The van der Waals surface area contributed by atoms with E-state index in [2.05, 4.69) is 4.90 Å². The van der Waals surface area contributed by atoms with Crippen LogP contribution in [0.1, 0.15) is 62.5 Å². The molecule has 0 aliphatic heterocycles. The van der Waals surface area contributed by atoms with Crippen LogP contribution in [0.2, 0.25) is 0 Å². The van der Waals surface area contributed by atoms with Gasteiger partial charge in [0.15, 0.2) is 0 Å². The molecule has 1 aromatic rings. The molecule has 4 aliphatic rings. The fourth-order valence-electron chi connectivity index (χ4n) is 6.92. The van der Waals surface area contributed by atoms with Crippen LogP contribution in [0.25, 0.3) is 0 Å². The van der Waals surface area contributed by atoms with Crippen molar-refractivity contribution in [3.63, 3.8) is 0 Å². The minimum absolute atomic E-state index is 0.173. The van der Waals surface area contributed by atoms with Crippen LogP contribution in [0.5, 0.6) is 0 Å². The van der Waals surface area contributed by atoms with E-state index in [1.807, 2.05) is 14.1 Å².